The van der Waals surface area contributed by atoms with Crippen molar-refractivity contribution < 1.29 is 4.42 Å². The van der Waals surface area contributed by atoms with Crippen LogP contribution in [0.15, 0.2) is 53.4 Å². The first-order valence-electron chi connectivity index (χ1n) is 4.62. The van der Waals surface area contributed by atoms with E-state index in [2.05, 4.69) is 36.8 Å². The van der Waals surface area contributed by atoms with Gasteiger partial charge in [0.1, 0.15) is 0 Å². The summed E-state index contributed by atoms with van der Waals surface area (Å²) in [6, 6.07) is 10.4. The Balaban J connectivity index is 2.14. The minimum atomic E-state index is 1.14. The number of fused-ring (bicyclic) bond motifs is 1. The number of allylic oxidation sites excluding steroid dienone is 1. The zero-order valence-electron chi connectivity index (χ0n) is 7.60. The zero-order chi connectivity index (χ0) is 9.38. The number of furan rings is 1. The second-order valence-electron chi connectivity index (χ2n) is 3.35. The largest absolute Gasteiger partial charge is 0.472 e. The third kappa shape index (κ3) is 1.02. The van der Waals surface area contributed by atoms with Crippen molar-refractivity contribution in [2.75, 3.05) is 0 Å². The maximum Gasteiger partial charge on any atom is 0.0981 e. The highest BCUT2D eigenvalue weighted by Crippen LogP contribution is 2.33. The zero-order valence-corrected chi connectivity index (χ0v) is 7.60. The van der Waals surface area contributed by atoms with Crippen molar-refractivity contribution in [1.29, 1.82) is 0 Å². The minimum absolute atomic E-state index is 1.14. The lowest BCUT2D eigenvalue weighted by Gasteiger charge is -2.01. The first kappa shape index (κ1) is 7.63. The van der Waals surface area contributed by atoms with Crippen molar-refractivity contribution in [2.24, 2.45) is 0 Å². The summed E-state index contributed by atoms with van der Waals surface area (Å²) in [6.45, 7) is 0. The van der Waals surface area contributed by atoms with Gasteiger partial charge >= 0.3 is 0 Å². The van der Waals surface area contributed by atoms with Gasteiger partial charge in [-0.1, -0.05) is 30.3 Å². The highest BCUT2D eigenvalue weighted by molar-refractivity contribution is 5.86. The SMILES string of the molecule is [CH]1C=C(c2ccoc2)c2ccccc21. The Morgan fingerprint density at radius 3 is 2.79 bits per heavy atom. The van der Waals surface area contributed by atoms with Crippen molar-refractivity contribution in [2.45, 2.75) is 0 Å². The van der Waals surface area contributed by atoms with Crippen molar-refractivity contribution >= 4 is 5.57 Å². The summed E-state index contributed by atoms with van der Waals surface area (Å²) in [7, 11) is 0. The van der Waals surface area contributed by atoms with E-state index in [1.54, 1.807) is 12.5 Å². The molecule has 1 aliphatic rings. The van der Waals surface area contributed by atoms with Gasteiger partial charge in [-0.25, -0.2) is 0 Å². The quantitative estimate of drug-likeness (QED) is 0.658. The Morgan fingerprint density at radius 1 is 1.00 bits per heavy atom. The molecule has 1 radical (unpaired) electrons. The molecular formula is C13H9O. The second kappa shape index (κ2) is 2.88. The topological polar surface area (TPSA) is 13.1 Å². The van der Waals surface area contributed by atoms with Gasteiger partial charge in [-0.3, -0.25) is 0 Å². The first-order valence-corrected chi connectivity index (χ1v) is 4.62. The van der Waals surface area contributed by atoms with Crippen molar-refractivity contribution in [1.82, 2.24) is 0 Å². The van der Waals surface area contributed by atoms with Gasteiger partial charge in [0, 0.05) is 12.0 Å². The molecule has 0 unspecified atom stereocenters. The average Bonchev–Trinajstić information content (AvgIpc) is 2.85. The van der Waals surface area contributed by atoms with E-state index in [1.807, 2.05) is 6.07 Å². The van der Waals surface area contributed by atoms with E-state index in [-0.39, 0.29) is 0 Å². The molecule has 1 heterocycles. The van der Waals surface area contributed by atoms with Gasteiger partial charge in [0.2, 0.25) is 0 Å². The van der Waals surface area contributed by atoms with Crippen LogP contribution in [0.5, 0.6) is 0 Å². The Morgan fingerprint density at radius 2 is 1.93 bits per heavy atom. The molecule has 1 heteroatoms. The van der Waals surface area contributed by atoms with E-state index in [9.17, 15) is 0 Å². The molecule has 1 aromatic carbocycles. The summed E-state index contributed by atoms with van der Waals surface area (Å²) >= 11 is 0. The molecule has 14 heavy (non-hydrogen) atoms. The number of hydrogen-bond donors (Lipinski definition) is 0. The van der Waals surface area contributed by atoms with Crippen LogP contribution in [0.1, 0.15) is 16.7 Å². The lowest BCUT2D eigenvalue weighted by atomic mass is 10.0. The predicted octanol–water partition coefficient (Wildman–Crippen LogP) is 3.28. The number of hydrogen-bond acceptors (Lipinski definition) is 1. The van der Waals surface area contributed by atoms with Crippen LogP contribution in [0.2, 0.25) is 0 Å². The van der Waals surface area contributed by atoms with Crippen LogP contribution < -0.4 is 0 Å². The highest BCUT2D eigenvalue weighted by atomic mass is 16.3. The van der Waals surface area contributed by atoms with Gasteiger partial charge in [0.05, 0.1) is 12.5 Å². The molecule has 67 valence electrons. The van der Waals surface area contributed by atoms with Crippen LogP contribution in [0, 0.1) is 6.42 Å². The van der Waals surface area contributed by atoms with E-state index in [0.717, 1.165) is 5.56 Å². The summed E-state index contributed by atoms with van der Waals surface area (Å²) in [5, 5.41) is 0. The van der Waals surface area contributed by atoms with E-state index in [0.29, 0.717) is 0 Å². The summed E-state index contributed by atoms with van der Waals surface area (Å²) in [5.74, 6) is 0. The van der Waals surface area contributed by atoms with Crippen molar-refractivity contribution in [3.63, 3.8) is 0 Å². The first-order chi connectivity index (χ1) is 6.95. The minimum Gasteiger partial charge on any atom is -0.472 e. The van der Waals surface area contributed by atoms with Crippen LogP contribution >= 0.6 is 0 Å². The van der Waals surface area contributed by atoms with Gasteiger partial charge in [-0.15, -0.1) is 0 Å². The van der Waals surface area contributed by atoms with E-state index in [4.69, 9.17) is 4.42 Å². The Labute approximate surface area is 82.7 Å². The molecule has 1 nitrogen and oxygen atoms in total. The van der Waals surface area contributed by atoms with E-state index in [1.165, 1.54) is 16.7 Å². The fourth-order valence-electron chi connectivity index (χ4n) is 1.82. The third-order valence-corrected chi connectivity index (χ3v) is 2.51. The fraction of sp³-hybridized carbons (Fsp3) is 0. The number of rotatable bonds is 1. The monoisotopic (exact) mass is 181 g/mol. The molecule has 0 bridgehead atoms. The molecule has 0 saturated heterocycles. The maximum absolute atomic E-state index is 5.09. The molecule has 2 aromatic rings. The molecule has 0 fully saturated rings. The summed E-state index contributed by atoms with van der Waals surface area (Å²) in [6.07, 6.45) is 7.76. The average molecular weight is 181 g/mol. The highest BCUT2D eigenvalue weighted by Gasteiger charge is 2.15. The maximum atomic E-state index is 5.09. The van der Waals surface area contributed by atoms with Crippen molar-refractivity contribution in [3.05, 3.63) is 72.0 Å². The molecule has 1 aromatic heterocycles. The lowest BCUT2D eigenvalue weighted by Crippen LogP contribution is -1.83. The van der Waals surface area contributed by atoms with E-state index >= 15 is 0 Å². The van der Waals surface area contributed by atoms with E-state index < -0.39 is 0 Å². The molecule has 0 atom stereocenters. The Bertz CT molecular complexity index is 478. The van der Waals surface area contributed by atoms with Gasteiger partial charge in [-0.2, -0.15) is 0 Å². The van der Waals surface area contributed by atoms with Gasteiger partial charge < -0.3 is 4.42 Å². The number of benzene rings is 1. The van der Waals surface area contributed by atoms with Gasteiger partial charge in [-0.05, 0) is 22.8 Å². The van der Waals surface area contributed by atoms with Crippen LogP contribution in [0.25, 0.3) is 5.57 Å². The van der Waals surface area contributed by atoms with Crippen LogP contribution in [-0.2, 0) is 0 Å². The molecular weight excluding hydrogens is 172 g/mol. The molecule has 0 saturated carbocycles. The Kier molecular flexibility index (Phi) is 1.57. The van der Waals surface area contributed by atoms with Crippen LogP contribution in [0.3, 0.4) is 0 Å². The fourth-order valence-corrected chi connectivity index (χ4v) is 1.82. The lowest BCUT2D eigenvalue weighted by molar-refractivity contribution is 0.566. The molecule has 3 rings (SSSR count). The normalized spacial score (nSPS) is 13.9. The third-order valence-electron chi connectivity index (χ3n) is 2.51. The van der Waals surface area contributed by atoms with Gasteiger partial charge in [0.15, 0.2) is 0 Å². The Hall–Kier alpha value is -1.76. The van der Waals surface area contributed by atoms with Crippen LogP contribution in [-0.4, -0.2) is 0 Å². The van der Waals surface area contributed by atoms with Crippen LogP contribution in [0.4, 0.5) is 0 Å². The molecule has 0 amide bonds. The second-order valence-corrected chi connectivity index (χ2v) is 3.35. The summed E-state index contributed by atoms with van der Waals surface area (Å²) in [5.41, 5.74) is 4.96. The standard InChI is InChI=1S/C13H9O/c1-2-4-12-10(3-1)5-6-13(12)11-7-8-14-9-11/h1-9H. The molecule has 1 aliphatic carbocycles. The summed E-state index contributed by atoms with van der Waals surface area (Å²) < 4.78 is 5.09. The molecule has 0 spiro atoms. The van der Waals surface area contributed by atoms with Crippen molar-refractivity contribution in [3.8, 4) is 0 Å². The molecule has 0 aliphatic heterocycles. The smallest absolute Gasteiger partial charge is 0.0981 e. The predicted molar refractivity (Wildman–Crippen MR) is 55.6 cm³/mol. The summed E-state index contributed by atoms with van der Waals surface area (Å²) in [4.78, 5) is 0. The molecule has 0 N–H and O–H groups in total. The van der Waals surface area contributed by atoms with Gasteiger partial charge in [0.25, 0.3) is 0 Å².